The van der Waals surface area contributed by atoms with Crippen molar-refractivity contribution >= 4 is 33.6 Å². The second-order valence-electron chi connectivity index (χ2n) is 6.00. The zero-order valence-electron chi connectivity index (χ0n) is 14.8. The first-order chi connectivity index (χ1) is 12.6. The van der Waals surface area contributed by atoms with Crippen LogP contribution in [0.3, 0.4) is 0 Å². The Morgan fingerprint density at radius 1 is 1.15 bits per heavy atom. The molecule has 0 aliphatic rings. The number of hydrogen-bond acceptors (Lipinski definition) is 6. The monoisotopic (exact) mass is 362 g/mol. The largest absolute Gasteiger partial charge is 0.272 e. The highest BCUT2D eigenvalue weighted by Gasteiger charge is 2.10. The maximum absolute atomic E-state index is 4.40. The van der Waals surface area contributed by atoms with Crippen LogP contribution < -0.4 is 5.43 Å². The first-order valence-corrected chi connectivity index (χ1v) is 9.04. The van der Waals surface area contributed by atoms with E-state index in [9.17, 15) is 0 Å². The summed E-state index contributed by atoms with van der Waals surface area (Å²) in [6.07, 6.45) is 3.35. The van der Waals surface area contributed by atoms with Gasteiger partial charge < -0.3 is 0 Å². The summed E-state index contributed by atoms with van der Waals surface area (Å²) in [6.45, 7) is 4.00. The van der Waals surface area contributed by atoms with Gasteiger partial charge in [0.2, 0.25) is 0 Å². The molecule has 0 bridgehead atoms. The van der Waals surface area contributed by atoms with Gasteiger partial charge in [-0.05, 0) is 25.5 Å². The van der Waals surface area contributed by atoms with Crippen molar-refractivity contribution < 1.29 is 0 Å². The minimum Gasteiger partial charge on any atom is -0.272 e. The van der Waals surface area contributed by atoms with Gasteiger partial charge in [-0.25, -0.2) is 9.97 Å². The maximum atomic E-state index is 4.40. The van der Waals surface area contributed by atoms with Crippen LogP contribution in [0.25, 0.3) is 20.7 Å². The fourth-order valence-corrected chi connectivity index (χ4v) is 3.83. The highest BCUT2D eigenvalue weighted by molar-refractivity contribution is 7.21. The summed E-state index contributed by atoms with van der Waals surface area (Å²) in [5, 5.41) is 9.73. The number of benzene rings is 1. The van der Waals surface area contributed by atoms with E-state index in [-0.39, 0.29) is 0 Å². The molecule has 1 aromatic carbocycles. The quantitative estimate of drug-likeness (QED) is 0.437. The third kappa shape index (κ3) is 2.97. The van der Waals surface area contributed by atoms with E-state index < -0.39 is 0 Å². The van der Waals surface area contributed by atoms with Crippen molar-refractivity contribution in [3.05, 3.63) is 59.7 Å². The fraction of sp³-hybridized carbons (Fsp3) is 0.158. The molecule has 0 saturated heterocycles. The van der Waals surface area contributed by atoms with Crippen LogP contribution in [0.5, 0.6) is 0 Å². The van der Waals surface area contributed by atoms with Gasteiger partial charge in [0.05, 0.1) is 17.3 Å². The van der Waals surface area contributed by atoms with Crippen molar-refractivity contribution in [3.63, 3.8) is 0 Å². The number of hydrogen-bond donors (Lipinski definition) is 1. The zero-order valence-corrected chi connectivity index (χ0v) is 15.6. The Morgan fingerprint density at radius 2 is 1.96 bits per heavy atom. The van der Waals surface area contributed by atoms with Crippen molar-refractivity contribution in [3.8, 4) is 10.4 Å². The number of fused-ring (bicyclic) bond motifs is 1. The van der Waals surface area contributed by atoms with Crippen LogP contribution >= 0.6 is 11.3 Å². The second-order valence-corrected chi connectivity index (χ2v) is 7.03. The van der Waals surface area contributed by atoms with E-state index in [1.54, 1.807) is 23.9 Å². The molecule has 7 heteroatoms. The number of hydrazone groups is 1. The van der Waals surface area contributed by atoms with E-state index in [1.165, 1.54) is 5.56 Å². The zero-order chi connectivity index (χ0) is 18.1. The third-order valence-corrected chi connectivity index (χ3v) is 5.41. The van der Waals surface area contributed by atoms with Crippen LogP contribution in [0.2, 0.25) is 0 Å². The minimum atomic E-state index is 0.698. The molecular formula is C19H18N6S. The standard InChI is InChI=1S/C19H18N6S/c1-12-16(13(2)25(3)24-12)10-22-23-18-15-9-17(14-7-5-4-6-8-14)26-19(15)21-11-20-18/h4-11H,1-3H3,(H,20,21,23)/b22-10-. The molecule has 0 unspecified atom stereocenters. The normalized spacial score (nSPS) is 11.5. The summed E-state index contributed by atoms with van der Waals surface area (Å²) in [4.78, 5) is 10.8. The van der Waals surface area contributed by atoms with Gasteiger partial charge in [-0.2, -0.15) is 10.2 Å². The Bertz CT molecular complexity index is 1090. The highest BCUT2D eigenvalue weighted by atomic mass is 32.1. The molecule has 4 rings (SSSR count). The van der Waals surface area contributed by atoms with Crippen molar-refractivity contribution in [2.45, 2.75) is 13.8 Å². The molecular weight excluding hydrogens is 344 g/mol. The van der Waals surface area contributed by atoms with Gasteiger partial charge in [0, 0.05) is 23.2 Å². The predicted octanol–water partition coefficient (Wildman–Crippen LogP) is 4.15. The summed E-state index contributed by atoms with van der Waals surface area (Å²) in [5.41, 5.74) is 7.26. The number of rotatable bonds is 4. The molecule has 0 amide bonds. The van der Waals surface area contributed by atoms with Crippen molar-refractivity contribution in [2.75, 3.05) is 5.43 Å². The molecule has 0 radical (unpaired) electrons. The molecule has 0 atom stereocenters. The molecule has 0 spiro atoms. The minimum absolute atomic E-state index is 0.698. The van der Waals surface area contributed by atoms with Gasteiger partial charge in [0.25, 0.3) is 0 Å². The number of anilines is 1. The molecule has 130 valence electrons. The summed E-state index contributed by atoms with van der Waals surface area (Å²) in [5.74, 6) is 0.698. The first kappa shape index (κ1) is 16.4. The van der Waals surface area contributed by atoms with Crippen LogP contribution in [0.1, 0.15) is 17.0 Å². The summed E-state index contributed by atoms with van der Waals surface area (Å²) in [7, 11) is 1.93. The van der Waals surface area contributed by atoms with Gasteiger partial charge in [-0.1, -0.05) is 30.3 Å². The summed E-state index contributed by atoms with van der Waals surface area (Å²) in [6, 6.07) is 12.4. The molecule has 0 fully saturated rings. The Morgan fingerprint density at radius 3 is 2.69 bits per heavy atom. The van der Waals surface area contributed by atoms with E-state index in [2.05, 4.69) is 43.8 Å². The van der Waals surface area contributed by atoms with Crippen molar-refractivity contribution in [2.24, 2.45) is 12.1 Å². The average Bonchev–Trinajstić information content (AvgIpc) is 3.19. The van der Waals surface area contributed by atoms with Gasteiger partial charge in [-0.15, -0.1) is 11.3 Å². The fourth-order valence-electron chi connectivity index (χ4n) is 2.82. The molecule has 26 heavy (non-hydrogen) atoms. The van der Waals surface area contributed by atoms with E-state index in [1.807, 2.05) is 43.8 Å². The van der Waals surface area contributed by atoms with Gasteiger partial charge in [0.15, 0.2) is 5.82 Å². The van der Waals surface area contributed by atoms with Crippen LogP contribution in [0, 0.1) is 13.8 Å². The molecule has 3 aromatic heterocycles. The lowest BCUT2D eigenvalue weighted by Gasteiger charge is -2.00. The molecule has 3 heterocycles. The number of aryl methyl sites for hydroxylation is 2. The Hall–Kier alpha value is -3.06. The molecule has 0 saturated carbocycles. The molecule has 6 nitrogen and oxygen atoms in total. The third-order valence-electron chi connectivity index (χ3n) is 4.32. The molecule has 0 aliphatic carbocycles. The number of nitrogens with one attached hydrogen (secondary N) is 1. The molecule has 0 aliphatic heterocycles. The first-order valence-electron chi connectivity index (χ1n) is 8.22. The van der Waals surface area contributed by atoms with Crippen LogP contribution in [0.4, 0.5) is 5.82 Å². The number of thiophene rings is 1. The van der Waals surface area contributed by atoms with Crippen molar-refractivity contribution in [1.29, 1.82) is 0 Å². The van der Waals surface area contributed by atoms with Crippen LogP contribution in [0.15, 0.2) is 47.8 Å². The SMILES string of the molecule is Cc1nn(C)c(C)c1/C=N\Nc1ncnc2sc(-c3ccccc3)cc12. The van der Waals surface area contributed by atoms with Gasteiger partial charge >= 0.3 is 0 Å². The van der Waals surface area contributed by atoms with E-state index in [4.69, 9.17) is 0 Å². The summed E-state index contributed by atoms with van der Waals surface area (Å²) >= 11 is 1.65. The topological polar surface area (TPSA) is 68.0 Å². The van der Waals surface area contributed by atoms with E-state index >= 15 is 0 Å². The van der Waals surface area contributed by atoms with Crippen LogP contribution in [-0.4, -0.2) is 26.0 Å². The number of nitrogens with zero attached hydrogens (tertiary/aromatic N) is 5. The van der Waals surface area contributed by atoms with Crippen LogP contribution in [-0.2, 0) is 7.05 Å². The molecule has 4 aromatic rings. The Kier molecular flexibility index (Phi) is 4.22. The van der Waals surface area contributed by atoms with E-state index in [0.29, 0.717) is 5.82 Å². The highest BCUT2D eigenvalue weighted by Crippen LogP contribution is 2.34. The lowest BCUT2D eigenvalue weighted by molar-refractivity contribution is 0.731. The second kappa shape index (κ2) is 6.68. The predicted molar refractivity (Wildman–Crippen MR) is 107 cm³/mol. The van der Waals surface area contributed by atoms with Gasteiger partial charge in [-0.3, -0.25) is 10.1 Å². The lowest BCUT2D eigenvalue weighted by atomic mass is 10.2. The Balaban J connectivity index is 1.65. The lowest BCUT2D eigenvalue weighted by Crippen LogP contribution is -1.96. The van der Waals surface area contributed by atoms with Crippen molar-refractivity contribution in [1.82, 2.24) is 19.7 Å². The van der Waals surface area contributed by atoms with Gasteiger partial charge in [0.1, 0.15) is 11.2 Å². The average molecular weight is 362 g/mol. The van der Waals surface area contributed by atoms with E-state index in [0.717, 1.165) is 32.0 Å². The summed E-state index contributed by atoms with van der Waals surface area (Å²) < 4.78 is 1.85. The number of aromatic nitrogens is 4. The Labute approximate surface area is 155 Å². The smallest absolute Gasteiger partial charge is 0.158 e. The maximum Gasteiger partial charge on any atom is 0.158 e. The molecule has 1 N–H and O–H groups in total.